The van der Waals surface area contributed by atoms with Crippen LogP contribution in [0.25, 0.3) is 0 Å². The summed E-state index contributed by atoms with van der Waals surface area (Å²) < 4.78 is 38.1. The zero-order chi connectivity index (χ0) is 15.5. The van der Waals surface area contributed by atoms with Crippen molar-refractivity contribution in [2.45, 2.75) is 19.6 Å². The molecule has 0 aliphatic rings. The summed E-state index contributed by atoms with van der Waals surface area (Å²) in [6.45, 7) is 1.95. The van der Waals surface area contributed by atoms with Gasteiger partial charge in [0.25, 0.3) is 0 Å². The van der Waals surface area contributed by atoms with Crippen LogP contribution in [0.3, 0.4) is 0 Å². The van der Waals surface area contributed by atoms with Gasteiger partial charge in [-0.3, -0.25) is 0 Å². The highest BCUT2D eigenvalue weighted by Crippen LogP contribution is 2.32. The molecular weight excluding hydrogens is 279 g/mol. The number of pyridine rings is 1. The van der Waals surface area contributed by atoms with Gasteiger partial charge in [0.05, 0.1) is 5.56 Å². The number of nitriles is 1. The second-order valence-electron chi connectivity index (χ2n) is 4.50. The van der Waals surface area contributed by atoms with Crippen molar-refractivity contribution in [3.63, 3.8) is 0 Å². The Balaban J connectivity index is 2.22. The molecular formula is C15H12F3N3. The van der Waals surface area contributed by atoms with Gasteiger partial charge in [-0.15, -0.1) is 0 Å². The molecule has 0 atom stereocenters. The highest BCUT2D eigenvalue weighted by Gasteiger charge is 2.30. The summed E-state index contributed by atoms with van der Waals surface area (Å²) in [7, 11) is 0. The molecule has 2 aromatic rings. The maximum absolute atomic E-state index is 12.7. The largest absolute Gasteiger partial charge is 0.416 e. The van der Waals surface area contributed by atoms with Gasteiger partial charge in [0.2, 0.25) is 0 Å². The molecule has 0 unspecified atom stereocenters. The van der Waals surface area contributed by atoms with Crippen LogP contribution in [-0.2, 0) is 12.7 Å². The number of aryl methyl sites for hydroxylation is 1. The van der Waals surface area contributed by atoms with Crippen molar-refractivity contribution in [1.29, 1.82) is 5.26 Å². The van der Waals surface area contributed by atoms with Crippen molar-refractivity contribution < 1.29 is 13.2 Å². The van der Waals surface area contributed by atoms with E-state index in [1.807, 2.05) is 6.07 Å². The van der Waals surface area contributed by atoms with E-state index in [0.717, 1.165) is 12.1 Å². The van der Waals surface area contributed by atoms with E-state index in [1.54, 1.807) is 19.1 Å². The predicted octanol–water partition coefficient (Wildman–Crippen LogP) is 3.89. The number of nitrogens with one attached hydrogen (secondary N) is 1. The molecule has 0 fully saturated rings. The van der Waals surface area contributed by atoms with Crippen LogP contribution in [0.2, 0.25) is 0 Å². The van der Waals surface area contributed by atoms with Gasteiger partial charge in [-0.25, -0.2) is 4.98 Å². The number of alkyl halides is 3. The molecule has 6 heteroatoms. The minimum atomic E-state index is -4.38. The Kier molecular flexibility index (Phi) is 4.13. The third-order valence-corrected chi connectivity index (χ3v) is 3.03. The Morgan fingerprint density at radius 3 is 2.71 bits per heavy atom. The van der Waals surface area contributed by atoms with Crippen LogP contribution in [0.1, 0.15) is 22.4 Å². The lowest BCUT2D eigenvalue weighted by Crippen LogP contribution is -2.08. The van der Waals surface area contributed by atoms with Crippen LogP contribution < -0.4 is 5.32 Å². The Bertz CT molecular complexity index is 687. The maximum atomic E-state index is 12.7. The quantitative estimate of drug-likeness (QED) is 0.933. The molecule has 1 aromatic heterocycles. The Hall–Kier alpha value is -2.55. The lowest BCUT2D eigenvalue weighted by atomic mass is 10.1. The van der Waals surface area contributed by atoms with Gasteiger partial charge in [-0.05, 0) is 30.7 Å². The highest BCUT2D eigenvalue weighted by molar-refractivity contribution is 5.54. The van der Waals surface area contributed by atoms with Gasteiger partial charge < -0.3 is 5.32 Å². The molecule has 0 spiro atoms. The second-order valence-corrected chi connectivity index (χ2v) is 4.50. The number of anilines is 1. The van der Waals surface area contributed by atoms with Crippen molar-refractivity contribution in [3.05, 3.63) is 58.9 Å². The molecule has 2 rings (SSSR count). The van der Waals surface area contributed by atoms with Crippen molar-refractivity contribution in [1.82, 2.24) is 4.98 Å². The summed E-state index contributed by atoms with van der Waals surface area (Å²) in [6, 6.07) is 8.87. The molecule has 3 nitrogen and oxygen atoms in total. The summed E-state index contributed by atoms with van der Waals surface area (Å²) in [5, 5.41) is 11.9. The zero-order valence-corrected chi connectivity index (χ0v) is 11.2. The number of rotatable bonds is 3. The second kappa shape index (κ2) is 5.83. The van der Waals surface area contributed by atoms with Gasteiger partial charge in [-0.1, -0.05) is 12.1 Å². The van der Waals surface area contributed by atoms with E-state index in [9.17, 15) is 13.2 Å². The van der Waals surface area contributed by atoms with Crippen molar-refractivity contribution >= 4 is 5.69 Å². The van der Waals surface area contributed by atoms with E-state index >= 15 is 0 Å². The summed E-state index contributed by atoms with van der Waals surface area (Å²) in [5.74, 6) is 0. The number of aromatic nitrogens is 1. The van der Waals surface area contributed by atoms with Gasteiger partial charge in [0.1, 0.15) is 11.8 Å². The number of benzene rings is 1. The third kappa shape index (κ3) is 3.51. The molecule has 0 saturated carbocycles. The first-order chi connectivity index (χ1) is 9.91. The number of hydrogen-bond acceptors (Lipinski definition) is 3. The average Bonchev–Trinajstić information content (AvgIpc) is 2.45. The highest BCUT2D eigenvalue weighted by atomic mass is 19.4. The molecule has 1 N–H and O–H groups in total. The number of hydrogen-bond donors (Lipinski definition) is 1. The van der Waals surface area contributed by atoms with E-state index in [2.05, 4.69) is 10.3 Å². The smallest absolute Gasteiger partial charge is 0.381 e. The third-order valence-electron chi connectivity index (χ3n) is 3.03. The lowest BCUT2D eigenvalue weighted by Gasteiger charge is -2.13. The van der Waals surface area contributed by atoms with Gasteiger partial charge in [-0.2, -0.15) is 18.4 Å². The Labute approximate surface area is 120 Å². The van der Waals surface area contributed by atoms with Gasteiger partial charge in [0, 0.05) is 24.0 Å². The van der Waals surface area contributed by atoms with E-state index in [0.29, 0.717) is 16.8 Å². The summed E-state index contributed by atoms with van der Waals surface area (Å²) >= 11 is 0. The first-order valence-electron chi connectivity index (χ1n) is 6.17. The van der Waals surface area contributed by atoms with E-state index in [-0.39, 0.29) is 12.2 Å². The molecule has 0 amide bonds. The van der Waals surface area contributed by atoms with E-state index < -0.39 is 11.7 Å². The monoisotopic (exact) mass is 291 g/mol. The fourth-order valence-electron chi connectivity index (χ4n) is 1.86. The molecule has 0 aliphatic carbocycles. The first kappa shape index (κ1) is 14.9. The van der Waals surface area contributed by atoms with Crippen LogP contribution >= 0.6 is 0 Å². The van der Waals surface area contributed by atoms with Crippen LogP contribution in [0.4, 0.5) is 18.9 Å². The summed E-state index contributed by atoms with van der Waals surface area (Å²) in [4.78, 5) is 3.91. The Morgan fingerprint density at radius 2 is 2.05 bits per heavy atom. The molecule has 21 heavy (non-hydrogen) atoms. The van der Waals surface area contributed by atoms with Crippen molar-refractivity contribution in [3.8, 4) is 6.07 Å². The molecule has 0 aliphatic heterocycles. The number of halogens is 3. The standard InChI is InChI=1S/C15H12F3N3/c1-10-4-5-12(15(16,17)18)7-13(10)21-9-11-3-2-6-20-14(11)8-19/h2-7,21H,9H2,1H3. The molecule has 1 heterocycles. The molecule has 1 aromatic carbocycles. The van der Waals surface area contributed by atoms with Gasteiger partial charge in [0.15, 0.2) is 0 Å². The fraction of sp³-hybridized carbons (Fsp3) is 0.200. The zero-order valence-electron chi connectivity index (χ0n) is 11.2. The van der Waals surface area contributed by atoms with Crippen LogP contribution in [0.15, 0.2) is 36.5 Å². The normalized spacial score (nSPS) is 11.0. The number of nitrogens with zero attached hydrogens (tertiary/aromatic N) is 2. The van der Waals surface area contributed by atoms with E-state index in [4.69, 9.17) is 5.26 Å². The molecule has 108 valence electrons. The minimum absolute atomic E-state index is 0.235. The molecule has 0 bridgehead atoms. The molecule has 0 saturated heterocycles. The SMILES string of the molecule is Cc1ccc(C(F)(F)F)cc1NCc1cccnc1C#N. The van der Waals surface area contributed by atoms with E-state index in [1.165, 1.54) is 12.3 Å². The molecule has 0 radical (unpaired) electrons. The Morgan fingerprint density at radius 1 is 1.29 bits per heavy atom. The minimum Gasteiger partial charge on any atom is -0.381 e. The predicted molar refractivity (Wildman–Crippen MR) is 72.5 cm³/mol. The van der Waals surface area contributed by atoms with Crippen LogP contribution in [0.5, 0.6) is 0 Å². The fourth-order valence-corrected chi connectivity index (χ4v) is 1.86. The van der Waals surface area contributed by atoms with Crippen LogP contribution in [-0.4, -0.2) is 4.98 Å². The van der Waals surface area contributed by atoms with Gasteiger partial charge >= 0.3 is 6.18 Å². The summed E-state index contributed by atoms with van der Waals surface area (Å²) in [5.41, 5.74) is 1.27. The summed E-state index contributed by atoms with van der Waals surface area (Å²) in [6.07, 6.45) is -2.88. The topological polar surface area (TPSA) is 48.7 Å². The van der Waals surface area contributed by atoms with Crippen LogP contribution in [0, 0.1) is 18.3 Å². The van der Waals surface area contributed by atoms with Crippen molar-refractivity contribution in [2.24, 2.45) is 0 Å². The van der Waals surface area contributed by atoms with Crippen molar-refractivity contribution in [2.75, 3.05) is 5.32 Å². The average molecular weight is 291 g/mol. The first-order valence-corrected chi connectivity index (χ1v) is 6.17. The maximum Gasteiger partial charge on any atom is 0.416 e. The lowest BCUT2D eigenvalue weighted by molar-refractivity contribution is -0.137.